The number of piperidine rings is 1. The molecule has 1 atom stereocenters. The average Bonchev–Trinajstić information content (AvgIpc) is 2.46. The molecule has 0 aromatic heterocycles. The third-order valence-electron chi connectivity index (χ3n) is 3.74. The van der Waals surface area contributed by atoms with Gasteiger partial charge in [0, 0.05) is 34.2 Å². The van der Waals surface area contributed by atoms with Crippen LogP contribution in [0.1, 0.15) is 43.0 Å². The Hall–Kier alpha value is -0.580. The normalized spacial score (nSPS) is 18.5. The highest BCUT2D eigenvalue weighted by molar-refractivity contribution is 9.10. The molecule has 5 heteroatoms. The lowest BCUT2D eigenvalue weighted by Crippen LogP contribution is -2.46. The lowest BCUT2D eigenvalue weighted by Gasteiger charge is -2.30. The Kier molecular flexibility index (Phi) is 6.52. The molecule has 1 unspecified atom stereocenters. The highest BCUT2D eigenvalue weighted by Gasteiger charge is 2.21. The fourth-order valence-electron chi connectivity index (χ4n) is 2.75. The summed E-state index contributed by atoms with van der Waals surface area (Å²) in [5.41, 5.74) is 0.652. The van der Waals surface area contributed by atoms with Crippen LogP contribution in [0.2, 0.25) is 5.02 Å². The van der Waals surface area contributed by atoms with Gasteiger partial charge < -0.3 is 10.2 Å². The van der Waals surface area contributed by atoms with Crippen molar-refractivity contribution in [3.05, 3.63) is 33.3 Å². The van der Waals surface area contributed by atoms with Crippen LogP contribution in [0, 0.1) is 0 Å². The van der Waals surface area contributed by atoms with Gasteiger partial charge in [-0.05, 0) is 44.0 Å². The zero-order valence-corrected chi connectivity index (χ0v) is 14.7. The van der Waals surface area contributed by atoms with Gasteiger partial charge in [-0.15, -0.1) is 0 Å². The summed E-state index contributed by atoms with van der Waals surface area (Å²) < 4.78 is 0.839. The summed E-state index contributed by atoms with van der Waals surface area (Å²) in [7, 11) is 0. The molecule has 0 spiro atoms. The third kappa shape index (κ3) is 4.97. The number of nitrogens with zero attached hydrogens (tertiary/aromatic N) is 1. The molecule has 1 aliphatic heterocycles. The standard InChI is InChI=1S/C16H22BrClN2O/c1-2-7-20(11-15-5-3-4-6-19-15)16(21)12-8-13(17)10-14(18)9-12/h8-10,15,19H,2-7,11H2,1H3. The molecule has 1 aliphatic rings. The van der Waals surface area contributed by atoms with Crippen LogP contribution in [-0.4, -0.2) is 36.5 Å². The second-order valence-electron chi connectivity index (χ2n) is 5.56. The number of hydrogen-bond donors (Lipinski definition) is 1. The Morgan fingerprint density at radius 1 is 1.43 bits per heavy atom. The lowest BCUT2D eigenvalue weighted by molar-refractivity contribution is 0.0731. The van der Waals surface area contributed by atoms with Crippen molar-refractivity contribution in [1.82, 2.24) is 10.2 Å². The molecule has 0 aliphatic carbocycles. The Bertz CT molecular complexity index is 469. The van der Waals surface area contributed by atoms with Crippen LogP contribution >= 0.6 is 27.5 Å². The van der Waals surface area contributed by atoms with Crippen molar-refractivity contribution in [3.63, 3.8) is 0 Å². The molecule has 116 valence electrons. The number of amides is 1. The minimum atomic E-state index is 0.0624. The fourth-order valence-corrected chi connectivity index (χ4v) is 3.61. The molecule has 2 rings (SSSR count). The van der Waals surface area contributed by atoms with Crippen LogP contribution in [0.5, 0.6) is 0 Å². The van der Waals surface area contributed by atoms with Crippen LogP contribution < -0.4 is 5.32 Å². The van der Waals surface area contributed by atoms with Crippen molar-refractivity contribution in [3.8, 4) is 0 Å². The zero-order chi connectivity index (χ0) is 15.2. The Morgan fingerprint density at radius 3 is 2.86 bits per heavy atom. The monoisotopic (exact) mass is 372 g/mol. The quantitative estimate of drug-likeness (QED) is 0.843. The lowest BCUT2D eigenvalue weighted by atomic mass is 10.0. The van der Waals surface area contributed by atoms with Gasteiger partial charge in [0.2, 0.25) is 0 Å². The van der Waals surface area contributed by atoms with E-state index < -0.39 is 0 Å². The van der Waals surface area contributed by atoms with Gasteiger partial charge in [0.05, 0.1) is 0 Å². The van der Waals surface area contributed by atoms with Crippen LogP contribution in [-0.2, 0) is 0 Å². The molecule has 0 radical (unpaired) electrons. The molecule has 1 aromatic carbocycles. The first-order chi connectivity index (χ1) is 10.1. The van der Waals surface area contributed by atoms with Gasteiger partial charge in [-0.1, -0.05) is 40.9 Å². The van der Waals surface area contributed by atoms with Crippen molar-refractivity contribution < 1.29 is 4.79 Å². The van der Waals surface area contributed by atoms with E-state index in [0.29, 0.717) is 16.6 Å². The first kappa shape index (κ1) is 16.8. The van der Waals surface area contributed by atoms with E-state index in [1.165, 1.54) is 12.8 Å². The van der Waals surface area contributed by atoms with E-state index in [1.807, 2.05) is 11.0 Å². The van der Waals surface area contributed by atoms with E-state index in [9.17, 15) is 4.79 Å². The van der Waals surface area contributed by atoms with Crippen molar-refractivity contribution in [2.75, 3.05) is 19.6 Å². The summed E-state index contributed by atoms with van der Waals surface area (Å²) >= 11 is 9.46. The van der Waals surface area contributed by atoms with Crippen molar-refractivity contribution in [2.45, 2.75) is 38.6 Å². The van der Waals surface area contributed by atoms with E-state index in [4.69, 9.17) is 11.6 Å². The number of carbonyl (C=O) groups is 1. The maximum Gasteiger partial charge on any atom is 0.253 e. The first-order valence-electron chi connectivity index (χ1n) is 7.59. The van der Waals surface area contributed by atoms with E-state index in [1.54, 1.807) is 12.1 Å². The average molecular weight is 374 g/mol. The summed E-state index contributed by atoms with van der Waals surface area (Å²) in [6, 6.07) is 5.79. The first-order valence-corrected chi connectivity index (χ1v) is 8.76. The predicted molar refractivity (Wildman–Crippen MR) is 91.0 cm³/mol. The number of hydrogen-bond acceptors (Lipinski definition) is 2. The maximum atomic E-state index is 12.7. The summed E-state index contributed by atoms with van der Waals surface area (Å²) in [4.78, 5) is 14.7. The Morgan fingerprint density at radius 2 is 2.24 bits per heavy atom. The summed E-state index contributed by atoms with van der Waals surface area (Å²) in [6.45, 7) is 4.71. The number of nitrogens with one attached hydrogen (secondary N) is 1. The van der Waals surface area contributed by atoms with Gasteiger partial charge >= 0.3 is 0 Å². The number of carbonyl (C=O) groups excluding carboxylic acids is 1. The number of halogens is 2. The minimum absolute atomic E-state index is 0.0624. The highest BCUT2D eigenvalue weighted by Crippen LogP contribution is 2.21. The van der Waals surface area contributed by atoms with Crippen molar-refractivity contribution >= 4 is 33.4 Å². The van der Waals surface area contributed by atoms with Gasteiger partial charge in [-0.3, -0.25) is 4.79 Å². The maximum absolute atomic E-state index is 12.7. The molecular formula is C16H22BrClN2O. The molecule has 1 saturated heterocycles. The van der Waals surface area contributed by atoms with E-state index in [0.717, 1.165) is 36.9 Å². The molecule has 0 bridgehead atoms. The molecule has 3 nitrogen and oxygen atoms in total. The van der Waals surface area contributed by atoms with Crippen LogP contribution in [0.15, 0.2) is 22.7 Å². The topological polar surface area (TPSA) is 32.3 Å². The molecule has 1 aromatic rings. The molecular weight excluding hydrogens is 352 g/mol. The van der Waals surface area contributed by atoms with E-state index >= 15 is 0 Å². The Balaban J connectivity index is 2.10. The van der Waals surface area contributed by atoms with Crippen molar-refractivity contribution in [2.24, 2.45) is 0 Å². The van der Waals surface area contributed by atoms with Crippen LogP contribution in [0.25, 0.3) is 0 Å². The van der Waals surface area contributed by atoms with Gasteiger partial charge in [-0.2, -0.15) is 0 Å². The van der Waals surface area contributed by atoms with Crippen LogP contribution in [0.3, 0.4) is 0 Å². The van der Waals surface area contributed by atoms with E-state index in [-0.39, 0.29) is 5.91 Å². The summed E-state index contributed by atoms with van der Waals surface area (Å²) in [5, 5.41) is 4.09. The molecule has 0 saturated carbocycles. The molecule has 21 heavy (non-hydrogen) atoms. The smallest absolute Gasteiger partial charge is 0.253 e. The van der Waals surface area contributed by atoms with Crippen molar-refractivity contribution in [1.29, 1.82) is 0 Å². The summed E-state index contributed by atoms with van der Waals surface area (Å²) in [6.07, 6.45) is 4.58. The largest absolute Gasteiger partial charge is 0.337 e. The number of rotatable bonds is 5. The summed E-state index contributed by atoms with van der Waals surface area (Å²) in [5.74, 6) is 0.0624. The molecule has 1 heterocycles. The van der Waals surface area contributed by atoms with Gasteiger partial charge in [-0.25, -0.2) is 0 Å². The fraction of sp³-hybridized carbons (Fsp3) is 0.562. The number of benzene rings is 1. The SMILES string of the molecule is CCCN(CC1CCCCN1)C(=O)c1cc(Cl)cc(Br)c1. The van der Waals surface area contributed by atoms with Gasteiger partial charge in [0.1, 0.15) is 0 Å². The second kappa shape index (κ2) is 8.16. The predicted octanol–water partition coefficient (Wildman–Crippen LogP) is 4.10. The Labute approximate surface area is 140 Å². The highest BCUT2D eigenvalue weighted by atomic mass is 79.9. The minimum Gasteiger partial charge on any atom is -0.337 e. The molecule has 1 fully saturated rings. The molecule has 1 amide bonds. The third-order valence-corrected chi connectivity index (χ3v) is 4.42. The zero-order valence-electron chi connectivity index (χ0n) is 12.4. The van der Waals surface area contributed by atoms with Gasteiger partial charge in [0.25, 0.3) is 5.91 Å². The van der Waals surface area contributed by atoms with Gasteiger partial charge in [0.15, 0.2) is 0 Å². The molecule has 1 N–H and O–H groups in total. The van der Waals surface area contributed by atoms with Crippen LogP contribution in [0.4, 0.5) is 0 Å². The second-order valence-corrected chi connectivity index (χ2v) is 6.91. The van der Waals surface area contributed by atoms with E-state index in [2.05, 4.69) is 28.2 Å².